The van der Waals surface area contributed by atoms with Gasteiger partial charge >= 0.3 is 0 Å². The number of nitrogens with zero attached hydrogens (tertiary/aromatic N) is 1. The Morgan fingerprint density at radius 2 is 1.84 bits per heavy atom. The normalized spacial score (nSPS) is 12.6. The van der Waals surface area contributed by atoms with E-state index in [2.05, 4.69) is 0 Å². The van der Waals surface area contributed by atoms with Gasteiger partial charge in [0.25, 0.3) is 0 Å². The van der Waals surface area contributed by atoms with Gasteiger partial charge in [0, 0.05) is 13.1 Å². The van der Waals surface area contributed by atoms with Gasteiger partial charge in [-0.2, -0.15) is 0 Å². The Kier molecular flexibility index (Phi) is 4.66. The van der Waals surface area contributed by atoms with Crippen molar-refractivity contribution in [2.24, 2.45) is 0 Å². The van der Waals surface area contributed by atoms with E-state index < -0.39 is 6.10 Å². The van der Waals surface area contributed by atoms with Gasteiger partial charge in [-0.1, -0.05) is 42.5 Å². The van der Waals surface area contributed by atoms with Crippen molar-refractivity contribution < 1.29 is 9.50 Å². The number of benzene rings is 2. The van der Waals surface area contributed by atoms with Gasteiger partial charge in [-0.25, -0.2) is 4.39 Å². The van der Waals surface area contributed by atoms with Crippen molar-refractivity contribution >= 4 is 0 Å². The molecule has 0 bridgehead atoms. The molecule has 100 valence electrons. The summed E-state index contributed by atoms with van der Waals surface area (Å²) in [6.07, 6.45) is -0.528. The SMILES string of the molecule is CN(Cc1cccc(F)c1)CC(O)c1ccccc1. The molecule has 1 atom stereocenters. The first-order valence-electron chi connectivity index (χ1n) is 6.31. The summed E-state index contributed by atoms with van der Waals surface area (Å²) < 4.78 is 13.1. The number of aliphatic hydroxyl groups excluding tert-OH is 1. The molecule has 0 heterocycles. The molecule has 0 amide bonds. The first kappa shape index (κ1) is 13.7. The number of hydrogen-bond donors (Lipinski definition) is 1. The van der Waals surface area contributed by atoms with Gasteiger partial charge in [-0.05, 0) is 30.3 Å². The van der Waals surface area contributed by atoms with Gasteiger partial charge < -0.3 is 5.11 Å². The summed E-state index contributed by atoms with van der Waals surface area (Å²) in [4.78, 5) is 1.98. The van der Waals surface area contributed by atoms with Crippen LogP contribution >= 0.6 is 0 Å². The topological polar surface area (TPSA) is 23.5 Å². The minimum atomic E-state index is -0.528. The largest absolute Gasteiger partial charge is 0.387 e. The molecule has 19 heavy (non-hydrogen) atoms. The van der Waals surface area contributed by atoms with Crippen molar-refractivity contribution in [3.63, 3.8) is 0 Å². The second-order valence-electron chi connectivity index (χ2n) is 4.75. The maximum absolute atomic E-state index is 13.1. The summed E-state index contributed by atoms with van der Waals surface area (Å²) in [6.45, 7) is 1.13. The maximum Gasteiger partial charge on any atom is 0.123 e. The molecule has 2 rings (SSSR count). The van der Waals surface area contributed by atoms with Crippen LogP contribution in [-0.4, -0.2) is 23.6 Å². The molecule has 0 aromatic heterocycles. The Morgan fingerprint density at radius 3 is 2.53 bits per heavy atom. The van der Waals surface area contributed by atoms with Crippen LogP contribution in [0.1, 0.15) is 17.2 Å². The van der Waals surface area contributed by atoms with Crippen LogP contribution in [0.4, 0.5) is 4.39 Å². The minimum Gasteiger partial charge on any atom is -0.387 e. The Labute approximate surface area is 113 Å². The van der Waals surface area contributed by atoms with E-state index in [1.807, 2.05) is 48.3 Å². The molecule has 0 radical (unpaired) electrons. The molecule has 2 aromatic carbocycles. The molecule has 1 N–H and O–H groups in total. The summed E-state index contributed by atoms with van der Waals surface area (Å²) in [5, 5.41) is 10.1. The molecular weight excluding hydrogens is 241 g/mol. The third kappa shape index (κ3) is 4.16. The van der Waals surface area contributed by atoms with Crippen LogP contribution in [0.3, 0.4) is 0 Å². The quantitative estimate of drug-likeness (QED) is 0.892. The van der Waals surface area contributed by atoms with E-state index in [-0.39, 0.29) is 5.82 Å². The molecule has 0 spiro atoms. The van der Waals surface area contributed by atoms with Crippen molar-refractivity contribution in [2.75, 3.05) is 13.6 Å². The summed E-state index contributed by atoms with van der Waals surface area (Å²) >= 11 is 0. The Balaban J connectivity index is 1.92. The van der Waals surface area contributed by atoms with E-state index in [4.69, 9.17) is 0 Å². The van der Waals surface area contributed by atoms with E-state index in [1.165, 1.54) is 12.1 Å². The van der Waals surface area contributed by atoms with Gasteiger partial charge in [0.2, 0.25) is 0 Å². The summed E-state index contributed by atoms with van der Waals surface area (Å²) in [5.74, 6) is -0.227. The second-order valence-corrected chi connectivity index (χ2v) is 4.75. The van der Waals surface area contributed by atoms with Crippen molar-refractivity contribution in [1.82, 2.24) is 4.90 Å². The number of hydrogen-bond acceptors (Lipinski definition) is 2. The second kappa shape index (κ2) is 6.45. The van der Waals surface area contributed by atoms with Crippen molar-refractivity contribution in [3.05, 3.63) is 71.5 Å². The Bertz CT molecular complexity index is 515. The van der Waals surface area contributed by atoms with Crippen molar-refractivity contribution in [3.8, 4) is 0 Å². The van der Waals surface area contributed by atoms with Crippen LogP contribution in [0.5, 0.6) is 0 Å². The van der Waals surface area contributed by atoms with Gasteiger partial charge in [-0.3, -0.25) is 4.90 Å². The molecule has 0 aliphatic carbocycles. The first-order valence-corrected chi connectivity index (χ1v) is 6.31. The van der Waals surface area contributed by atoms with E-state index in [0.717, 1.165) is 11.1 Å². The third-order valence-electron chi connectivity index (χ3n) is 3.01. The Hall–Kier alpha value is -1.71. The lowest BCUT2D eigenvalue weighted by Crippen LogP contribution is -2.24. The highest BCUT2D eigenvalue weighted by molar-refractivity contribution is 5.18. The highest BCUT2D eigenvalue weighted by Crippen LogP contribution is 2.14. The number of rotatable bonds is 5. The third-order valence-corrected chi connectivity index (χ3v) is 3.01. The lowest BCUT2D eigenvalue weighted by Gasteiger charge is -2.20. The van der Waals surface area contributed by atoms with E-state index in [0.29, 0.717) is 13.1 Å². The first-order chi connectivity index (χ1) is 9.15. The molecular formula is C16H18FNO. The van der Waals surface area contributed by atoms with Crippen LogP contribution in [-0.2, 0) is 6.54 Å². The molecule has 3 heteroatoms. The summed E-state index contributed by atoms with van der Waals surface area (Å²) in [7, 11) is 1.91. The average molecular weight is 259 g/mol. The zero-order chi connectivity index (χ0) is 13.7. The van der Waals surface area contributed by atoms with Gasteiger partial charge in [0.1, 0.15) is 5.82 Å². The standard InChI is InChI=1S/C16H18FNO/c1-18(11-13-6-5-9-15(17)10-13)12-16(19)14-7-3-2-4-8-14/h2-10,16,19H,11-12H2,1H3. The van der Waals surface area contributed by atoms with Gasteiger partial charge in [0.15, 0.2) is 0 Å². The lowest BCUT2D eigenvalue weighted by atomic mass is 10.1. The van der Waals surface area contributed by atoms with Crippen LogP contribution in [0.2, 0.25) is 0 Å². The maximum atomic E-state index is 13.1. The molecule has 2 aromatic rings. The van der Waals surface area contributed by atoms with Crippen molar-refractivity contribution in [1.29, 1.82) is 0 Å². The number of likely N-dealkylation sites (N-methyl/N-ethyl adjacent to an activating group) is 1. The fraction of sp³-hybridized carbons (Fsp3) is 0.250. The zero-order valence-corrected chi connectivity index (χ0v) is 11.0. The van der Waals surface area contributed by atoms with Gasteiger partial charge in [0.05, 0.1) is 6.10 Å². The molecule has 2 nitrogen and oxygen atoms in total. The molecule has 0 fully saturated rings. The minimum absolute atomic E-state index is 0.227. The van der Waals surface area contributed by atoms with E-state index in [9.17, 15) is 9.50 Å². The Morgan fingerprint density at radius 1 is 1.11 bits per heavy atom. The number of aliphatic hydroxyl groups is 1. The van der Waals surface area contributed by atoms with Crippen LogP contribution in [0.25, 0.3) is 0 Å². The fourth-order valence-corrected chi connectivity index (χ4v) is 2.09. The number of halogens is 1. The van der Waals surface area contributed by atoms with Crippen molar-refractivity contribution in [2.45, 2.75) is 12.6 Å². The van der Waals surface area contributed by atoms with E-state index >= 15 is 0 Å². The molecule has 0 saturated carbocycles. The predicted molar refractivity (Wildman–Crippen MR) is 74.1 cm³/mol. The molecule has 1 unspecified atom stereocenters. The molecule has 0 saturated heterocycles. The summed E-state index contributed by atoms with van der Waals surface area (Å²) in [6, 6.07) is 16.1. The average Bonchev–Trinajstić information content (AvgIpc) is 2.39. The molecule has 0 aliphatic heterocycles. The predicted octanol–water partition coefficient (Wildman–Crippen LogP) is 2.99. The monoisotopic (exact) mass is 259 g/mol. The van der Waals surface area contributed by atoms with Crippen LogP contribution < -0.4 is 0 Å². The van der Waals surface area contributed by atoms with E-state index in [1.54, 1.807) is 6.07 Å². The van der Waals surface area contributed by atoms with Gasteiger partial charge in [-0.15, -0.1) is 0 Å². The van der Waals surface area contributed by atoms with Crippen LogP contribution in [0, 0.1) is 5.82 Å². The van der Waals surface area contributed by atoms with Crippen LogP contribution in [0.15, 0.2) is 54.6 Å². The summed E-state index contributed by atoms with van der Waals surface area (Å²) in [5.41, 5.74) is 1.80. The molecule has 0 aliphatic rings. The smallest absolute Gasteiger partial charge is 0.123 e. The zero-order valence-electron chi connectivity index (χ0n) is 11.0. The highest BCUT2D eigenvalue weighted by atomic mass is 19.1. The highest BCUT2D eigenvalue weighted by Gasteiger charge is 2.10. The fourth-order valence-electron chi connectivity index (χ4n) is 2.09. The lowest BCUT2D eigenvalue weighted by molar-refractivity contribution is 0.124.